The van der Waals surface area contributed by atoms with Crippen molar-refractivity contribution in [3.63, 3.8) is 0 Å². The molecule has 0 radical (unpaired) electrons. The van der Waals surface area contributed by atoms with Crippen LogP contribution in [0.2, 0.25) is 0 Å². The third-order valence-corrected chi connectivity index (χ3v) is 9.24. The number of imidazole rings is 1. The van der Waals surface area contributed by atoms with Crippen LogP contribution in [0.3, 0.4) is 0 Å². The monoisotopic (exact) mass is 626 g/mol. The largest absolute Gasteiger partial charge is 0.477 e. The van der Waals surface area contributed by atoms with Gasteiger partial charge in [-0.1, -0.05) is 146 Å². The predicted octanol–water partition coefficient (Wildman–Crippen LogP) is 9.39. The summed E-state index contributed by atoms with van der Waals surface area (Å²) in [6.45, 7) is 0. The summed E-state index contributed by atoms with van der Waals surface area (Å²) in [5.41, 5.74) is 5.71. The van der Waals surface area contributed by atoms with E-state index in [2.05, 4.69) is 77.4 Å². The molecule has 0 saturated carbocycles. The number of aliphatic carboxylic acids is 1. The van der Waals surface area contributed by atoms with Gasteiger partial charge in [0.2, 0.25) is 6.04 Å². The molecule has 1 unspecified atom stereocenters. The lowest BCUT2D eigenvalue weighted by molar-refractivity contribution is -0.141. The average Bonchev–Trinajstić information content (AvgIpc) is 3.63. The molecule has 0 spiro atoms. The number of carboxylic acids is 1. The van der Waals surface area contributed by atoms with Gasteiger partial charge in [-0.25, -0.2) is 14.3 Å². The fourth-order valence-electron chi connectivity index (χ4n) is 7.20. The van der Waals surface area contributed by atoms with E-state index in [4.69, 9.17) is 4.98 Å². The Balaban J connectivity index is 1.44. The van der Waals surface area contributed by atoms with Crippen LogP contribution in [-0.2, 0) is 16.8 Å². The van der Waals surface area contributed by atoms with Gasteiger partial charge in [0, 0.05) is 6.20 Å². The van der Waals surface area contributed by atoms with Crippen LogP contribution in [0, 0.1) is 0 Å². The molecule has 0 fully saturated rings. The maximum absolute atomic E-state index is 13.7. The topological polar surface area (TPSA) is 55.1 Å². The molecular weight excluding hydrogens is 590 g/mol. The SMILES string of the molecule is O=C(O)C(Cc1cn(C(c2ccccc2)(c2ccccc2)c2ccccc2)cn1)[N+](c1ccccc1)(c1ccccc1)c1ccccc1. The summed E-state index contributed by atoms with van der Waals surface area (Å²) in [7, 11) is 0. The first-order valence-corrected chi connectivity index (χ1v) is 16.1. The first-order valence-electron chi connectivity index (χ1n) is 16.1. The average molecular weight is 627 g/mol. The summed E-state index contributed by atoms with van der Waals surface area (Å²) in [6.07, 6.45) is 4.05. The Morgan fingerprint density at radius 1 is 0.562 bits per heavy atom. The Morgan fingerprint density at radius 2 is 0.896 bits per heavy atom. The number of benzene rings is 6. The Hall–Kier alpha value is -6.04. The molecule has 0 bridgehead atoms. The molecule has 6 aromatic carbocycles. The van der Waals surface area contributed by atoms with Crippen molar-refractivity contribution in [2.45, 2.75) is 18.0 Å². The summed E-state index contributed by atoms with van der Waals surface area (Å²) in [6, 6.07) is 60.1. The lowest BCUT2D eigenvalue weighted by Gasteiger charge is -2.41. The Bertz CT molecular complexity index is 1870. The Labute approximate surface area is 281 Å². The first kappa shape index (κ1) is 30.6. The van der Waals surface area contributed by atoms with Gasteiger partial charge in [0.05, 0.1) is 18.4 Å². The first-order chi connectivity index (χ1) is 23.6. The van der Waals surface area contributed by atoms with Crippen LogP contribution in [0.4, 0.5) is 17.1 Å². The zero-order valence-electron chi connectivity index (χ0n) is 26.5. The van der Waals surface area contributed by atoms with E-state index >= 15 is 0 Å². The minimum atomic E-state index is -0.944. The van der Waals surface area contributed by atoms with E-state index < -0.39 is 17.6 Å². The Morgan fingerprint density at radius 3 is 1.23 bits per heavy atom. The van der Waals surface area contributed by atoms with Crippen LogP contribution >= 0.6 is 0 Å². The smallest absolute Gasteiger partial charge is 0.364 e. The van der Waals surface area contributed by atoms with E-state index in [0.717, 1.165) is 33.8 Å². The fraction of sp³-hybridized carbons (Fsp3) is 0.0698. The summed E-state index contributed by atoms with van der Waals surface area (Å²) in [5, 5.41) is 11.2. The molecule has 0 aliphatic rings. The zero-order valence-corrected chi connectivity index (χ0v) is 26.5. The highest BCUT2D eigenvalue weighted by Crippen LogP contribution is 2.47. The number of rotatable bonds is 11. The van der Waals surface area contributed by atoms with Crippen LogP contribution in [0.1, 0.15) is 22.4 Å². The number of hydrogen-bond donors (Lipinski definition) is 1. The molecule has 5 heteroatoms. The van der Waals surface area contributed by atoms with Gasteiger partial charge in [0.15, 0.2) is 0 Å². The van der Waals surface area contributed by atoms with Crippen molar-refractivity contribution in [1.82, 2.24) is 14.0 Å². The molecule has 1 atom stereocenters. The zero-order chi connectivity index (χ0) is 32.8. The maximum Gasteiger partial charge on any atom is 0.364 e. The number of hydrogen-bond acceptors (Lipinski definition) is 2. The van der Waals surface area contributed by atoms with Gasteiger partial charge in [-0.15, -0.1) is 0 Å². The van der Waals surface area contributed by atoms with Crippen molar-refractivity contribution >= 4 is 23.0 Å². The normalized spacial score (nSPS) is 12.3. The van der Waals surface area contributed by atoms with Gasteiger partial charge < -0.3 is 9.67 Å². The highest BCUT2D eigenvalue weighted by atomic mass is 16.4. The predicted molar refractivity (Wildman–Crippen MR) is 192 cm³/mol. The van der Waals surface area contributed by atoms with Crippen LogP contribution in [-0.4, -0.2) is 26.7 Å². The van der Waals surface area contributed by atoms with Crippen LogP contribution < -0.4 is 4.48 Å². The molecule has 1 aromatic heterocycles. The van der Waals surface area contributed by atoms with Crippen molar-refractivity contribution in [2.75, 3.05) is 0 Å². The fourth-order valence-corrected chi connectivity index (χ4v) is 7.20. The van der Waals surface area contributed by atoms with E-state index in [9.17, 15) is 9.90 Å². The quantitative estimate of drug-likeness (QED) is 0.115. The molecule has 0 saturated heterocycles. The Kier molecular flexibility index (Phi) is 8.52. The molecule has 0 amide bonds. The van der Waals surface area contributed by atoms with E-state index in [1.807, 2.05) is 122 Å². The van der Waals surface area contributed by atoms with Crippen molar-refractivity contribution in [2.24, 2.45) is 0 Å². The molecule has 5 nitrogen and oxygen atoms in total. The highest BCUT2D eigenvalue weighted by molar-refractivity contribution is 5.85. The molecule has 7 aromatic rings. The standard InChI is InChI=1S/C43H35N3O2/c47-42(48)41(46(38-25-13-4-14-26-38,39-27-15-5-16-28-39)40-29-17-6-18-30-40)31-37-32-45(33-44-37)43(34-19-7-1-8-20-34,35-21-9-2-10-22-35)36-23-11-3-12-24-36/h1-30,32-33,41H,31H2/p+1. The number of nitrogens with zero attached hydrogens (tertiary/aromatic N) is 3. The minimum Gasteiger partial charge on any atom is -0.477 e. The number of quaternary nitrogens is 1. The van der Waals surface area contributed by atoms with Gasteiger partial charge in [0.1, 0.15) is 22.6 Å². The molecular formula is C43H36N3O2+. The number of carbonyl (C=O) groups is 1. The number of para-hydroxylation sites is 3. The van der Waals surface area contributed by atoms with Crippen molar-refractivity contribution in [3.05, 3.63) is 217 Å². The molecule has 0 aliphatic carbocycles. The maximum atomic E-state index is 13.7. The number of carboxylic acid groups (broad SMARTS) is 1. The lowest BCUT2D eigenvalue weighted by atomic mass is 9.77. The van der Waals surface area contributed by atoms with Crippen LogP contribution in [0.5, 0.6) is 0 Å². The van der Waals surface area contributed by atoms with Gasteiger partial charge in [-0.3, -0.25) is 0 Å². The van der Waals surface area contributed by atoms with Crippen molar-refractivity contribution in [3.8, 4) is 0 Å². The second kappa shape index (κ2) is 13.4. The van der Waals surface area contributed by atoms with Crippen LogP contribution in [0.25, 0.3) is 0 Å². The molecule has 48 heavy (non-hydrogen) atoms. The highest BCUT2D eigenvalue weighted by Gasteiger charge is 2.49. The van der Waals surface area contributed by atoms with Gasteiger partial charge in [-0.05, 0) is 53.1 Å². The summed E-state index contributed by atoms with van der Waals surface area (Å²) in [4.78, 5) is 18.7. The van der Waals surface area contributed by atoms with E-state index in [1.165, 1.54) is 0 Å². The molecule has 1 heterocycles. The summed E-state index contributed by atoms with van der Waals surface area (Å²) >= 11 is 0. The molecule has 7 rings (SSSR count). The summed E-state index contributed by atoms with van der Waals surface area (Å²) in [5.74, 6) is -0.915. The summed E-state index contributed by atoms with van der Waals surface area (Å²) < 4.78 is 2.13. The second-order valence-corrected chi connectivity index (χ2v) is 11.9. The third-order valence-electron chi connectivity index (χ3n) is 9.24. The van der Waals surface area contributed by atoms with Crippen molar-refractivity contribution in [1.29, 1.82) is 0 Å². The van der Waals surface area contributed by atoms with Crippen LogP contribution in [0.15, 0.2) is 195 Å². The minimum absolute atomic E-state index is 0.00802. The van der Waals surface area contributed by atoms with Crippen molar-refractivity contribution < 1.29 is 9.90 Å². The van der Waals surface area contributed by atoms with Gasteiger partial charge in [-0.2, -0.15) is 0 Å². The number of aromatic nitrogens is 2. The lowest BCUT2D eigenvalue weighted by Crippen LogP contribution is -2.54. The van der Waals surface area contributed by atoms with E-state index in [-0.39, 0.29) is 10.9 Å². The van der Waals surface area contributed by atoms with E-state index in [0.29, 0.717) is 5.69 Å². The third kappa shape index (κ3) is 5.30. The molecule has 1 N–H and O–H groups in total. The van der Waals surface area contributed by atoms with E-state index in [1.54, 1.807) is 0 Å². The van der Waals surface area contributed by atoms with Gasteiger partial charge in [0.25, 0.3) is 0 Å². The molecule has 234 valence electrons. The second-order valence-electron chi connectivity index (χ2n) is 11.9. The van der Waals surface area contributed by atoms with Gasteiger partial charge >= 0.3 is 5.97 Å². The molecule has 0 aliphatic heterocycles.